The first kappa shape index (κ1) is 38.6. The summed E-state index contributed by atoms with van der Waals surface area (Å²) in [4.78, 5) is 30.9. The molecule has 2 aromatic heterocycles. The van der Waals surface area contributed by atoms with Crippen LogP contribution in [0, 0.1) is 27.7 Å². The summed E-state index contributed by atoms with van der Waals surface area (Å²) in [6.45, 7) is 25.2. The molecule has 0 aromatic carbocycles. The van der Waals surface area contributed by atoms with Gasteiger partial charge < -0.3 is 25.4 Å². The number of rotatable bonds is 2. The Bertz CT molecular complexity index is 1070. The Hall–Kier alpha value is -3.56. The number of fused-ring (bicyclic) bond motifs is 2. The number of carbonyl (C=O) groups is 2. The highest BCUT2D eigenvalue weighted by molar-refractivity contribution is 6.19. The van der Waals surface area contributed by atoms with Gasteiger partial charge in [-0.05, 0) is 13.8 Å². The highest BCUT2D eigenvalue weighted by Gasteiger charge is 2.33. The first-order valence-electron chi connectivity index (χ1n) is 14.5. The minimum Gasteiger partial charge on any atom is -0.511 e. The van der Waals surface area contributed by atoms with Crippen LogP contribution in [0.2, 0.25) is 0 Å². The van der Waals surface area contributed by atoms with Crippen LogP contribution in [0.3, 0.4) is 0 Å². The van der Waals surface area contributed by atoms with E-state index in [4.69, 9.17) is 0 Å². The molecular formula is C30H55N6O4+. The Kier molecular flexibility index (Phi) is 18.8. The van der Waals surface area contributed by atoms with Crippen molar-refractivity contribution in [3.63, 3.8) is 0 Å². The summed E-state index contributed by atoms with van der Waals surface area (Å²) in [6, 6.07) is 0. The largest absolute Gasteiger partial charge is 0.511 e. The van der Waals surface area contributed by atoms with Gasteiger partial charge in [0.2, 0.25) is 0 Å². The SMILES string of the molecule is CC.CC.CC.CC.CNC(=O)C1=C(O)CC[n+]2c1[nH]c(C)c2C.CNC(=O)C1=C(O)CCn2c1nc(C)c2C. The molecule has 0 saturated carbocycles. The van der Waals surface area contributed by atoms with E-state index in [1.165, 1.54) is 0 Å². The number of nitrogens with zero attached hydrogens (tertiary/aromatic N) is 3. The van der Waals surface area contributed by atoms with Crippen LogP contribution in [0.1, 0.15) is 103 Å². The molecule has 2 aliphatic rings. The lowest BCUT2D eigenvalue weighted by molar-refractivity contribution is -0.704. The summed E-state index contributed by atoms with van der Waals surface area (Å²) in [6.07, 6.45) is 0.977. The Morgan fingerprint density at radius 1 is 0.825 bits per heavy atom. The predicted molar refractivity (Wildman–Crippen MR) is 164 cm³/mol. The molecule has 2 aromatic rings. The summed E-state index contributed by atoms with van der Waals surface area (Å²) in [5, 5.41) is 24.7. The molecular weight excluding hydrogens is 508 g/mol. The van der Waals surface area contributed by atoms with Crippen molar-refractivity contribution in [2.75, 3.05) is 14.1 Å². The van der Waals surface area contributed by atoms with Crippen LogP contribution < -0.4 is 15.2 Å². The van der Waals surface area contributed by atoms with Crippen molar-refractivity contribution in [1.29, 1.82) is 0 Å². The fourth-order valence-corrected chi connectivity index (χ4v) is 3.97. The highest BCUT2D eigenvalue weighted by atomic mass is 16.3. The fourth-order valence-electron chi connectivity index (χ4n) is 3.97. The van der Waals surface area contributed by atoms with Gasteiger partial charge >= 0.3 is 0 Å². The lowest BCUT2D eigenvalue weighted by Crippen LogP contribution is -2.44. The van der Waals surface area contributed by atoms with Gasteiger partial charge in [0.15, 0.2) is 5.57 Å². The summed E-state index contributed by atoms with van der Waals surface area (Å²) < 4.78 is 4.00. The molecule has 0 fully saturated rings. The predicted octanol–water partition coefficient (Wildman–Crippen LogP) is 5.36. The Labute approximate surface area is 241 Å². The minimum absolute atomic E-state index is 0.122. The van der Waals surface area contributed by atoms with Gasteiger partial charge in [0, 0.05) is 53.0 Å². The van der Waals surface area contributed by atoms with Crippen molar-refractivity contribution in [3.8, 4) is 0 Å². The first-order valence-corrected chi connectivity index (χ1v) is 14.5. The van der Waals surface area contributed by atoms with Crippen LogP contribution in [-0.4, -0.2) is 50.7 Å². The topological polar surface area (TPSA) is 136 Å². The van der Waals surface area contributed by atoms with Crippen LogP contribution in [0.4, 0.5) is 0 Å². The van der Waals surface area contributed by atoms with E-state index in [-0.39, 0.29) is 23.3 Å². The third-order valence-corrected chi connectivity index (χ3v) is 6.07. The number of aromatic nitrogens is 4. The third-order valence-electron chi connectivity index (χ3n) is 6.07. The number of likely N-dealkylation sites (N-methyl/N-ethyl adjacent to an activating group) is 2. The number of aromatic amines is 1. The Morgan fingerprint density at radius 3 is 1.80 bits per heavy atom. The molecule has 10 heteroatoms. The van der Waals surface area contributed by atoms with Gasteiger partial charge in [-0.25, -0.2) is 14.5 Å². The first-order chi connectivity index (χ1) is 19.1. The summed E-state index contributed by atoms with van der Waals surface area (Å²) in [5.41, 5.74) is 4.71. The second kappa shape index (κ2) is 19.5. The molecule has 0 radical (unpaired) electrons. The van der Waals surface area contributed by atoms with Gasteiger partial charge in [-0.15, -0.1) is 0 Å². The van der Waals surface area contributed by atoms with Crippen LogP contribution >= 0.6 is 0 Å². The summed E-state index contributed by atoms with van der Waals surface area (Å²) in [7, 11) is 3.11. The monoisotopic (exact) mass is 563 g/mol. The van der Waals surface area contributed by atoms with Crippen LogP contribution in [-0.2, 0) is 22.7 Å². The number of H-pyrrole nitrogens is 1. The van der Waals surface area contributed by atoms with E-state index in [0.717, 1.165) is 22.8 Å². The zero-order chi connectivity index (χ0) is 31.7. The number of hydrogen-bond donors (Lipinski definition) is 5. The molecule has 0 aliphatic carbocycles. The van der Waals surface area contributed by atoms with Crippen LogP contribution in [0.5, 0.6) is 0 Å². The normalized spacial score (nSPS) is 12.6. The lowest BCUT2D eigenvalue weighted by atomic mass is 10.1. The third kappa shape index (κ3) is 8.72. The molecule has 2 amide bonds. The molecule has 228 valence electrons. The average Bonchev–Trinajstić information content (AvgIpc) is 3.45. The van der Waals surface area contributed by atoms with Gasteiger partial charge in [0.05, 0.1) is 12.2 Å². The van der Waals surface area contributed by atoms with E-state index in [2.05, 4.69) is 20.6 Å². The van der Waals surface area contributed by atoms with E-state index < -0.39 is 0 Å². The Balaban J connectivity index is 0. The smallest absolute Gasteiger partial charge is 0.296 e. The summed E-state index contributed by atoms with van der Waals surface area (Å²) in [5.74, 6) is 0.990. The summed E-state index contributed by atoms with van der Waals surface area (Å²) >= 11 is 0. The number of imidazole rings is 2. The number of allylic oxidation sites excluding steroid dienone is 2. The minimum atomic E-state index is -0.288. The zero-order valence-electron chi connectivity index (χ0n) is 27.4. The average molecular weight is 564 g/mol. The second-order valence-corrected chi connectivity index (χ2v) is 7.90. The van der Waals surface area contributed by atoms with E-state index in [9.17, 15) is 19.8 Å². The van der Waals surface area contributed by atoms with E-state index in [0.29, 0.717) is 48.7 Å². The molecule has 40 heavy (non-hydrogen) atoms. The Morgan fingerprint density at radius 2 is 1.30 bits per heavy atom. The molecule has 0 spiro atoms. The van der Waals surface area contributed by atoms with Crippen LogP contribution in [0.15, 0.2) is 11.5 Å². The second-order valence-electron chi connectivity index (χ2n) is 7.90. The van der Waals surface area contributed by atoms with Crippen molar-refractivity contribution < 1.29 is 24.4 Å². The van der Waals surface area contributed by atoms with Crippen LogP contribution in [0.25, 0.3) is 11.1 Å². The van der Waals surface area contributed by atoms with Crippen molar-refractivity contribution >= 4 is 23.0 Å². The van der Waals surface area contributed by atoms with Gasteiger partial charge in [-0.2, -0.15) is 0 Å². The molecule has 4 heterocycles. The number of aliphatic hydroxyl groups excluding tert-OH is 2. The van der Waals surface area contributed by atoms with E-state index in [1.807, 2.05) is 92.2 Å². The van der Waals surface area contributed by atoms with E-state index in [1.54, 1.807) is 14.1 Å². The molecule has 10 nitrogen and oxygen atoms in total. The van der Waals surface area contributed by atoms with Crippen molar-refractivity contribution in [3.05, 3.63) is 45.9 Å². The van der Waals surface area contributed by atoms with Crippen molar-refractivity contribution in [1.82, 2.24) is 25.2 Å². The van der Waals surface area contributed by atoms with Gasteiger partial charge in [0.25, 0.3) is 17.6 Å². The number of amides is 2. The standard InChI is InChI=1S/2C11H15N3O2.4C2H6/c2*1-6-7(2)14-5-4-8(15)9(10(14)13-6)11(16)12-3;4*1-2/h4-5H2,1-3H3,(H2,12,13,15,16);15H,4-5H2,1-3H3,(H,12,16);4*1-2H3/p+1. The fraction of sp³-hybridized carbons (Fsp3) is 0.600. The van der Waals surface area contributed by atoms with Gasteiger partial charge in [-0.1, -0.05) is 55.4 Å². The highest BCUT2D eigenvalue weighted by Crippen LogP contribution is 2.27. The van der Waals surface area contributed by atoms with Crippen molar-refractivity contribution in [2.24, 2.45) is 0 Å². The van der Waals surface area contributed by atoms with Crippen molar-refractivity contribution in [2.45, 2.75) is 109 Å². The maximum Gasteiger partial charge on any atom is 0.296 e. The maximum atomic E-state index is 11.7. The number of carbonyl (C=O) groups excluding carboxylic acids is 2. The molecule has 0 atom stereocenters. The van der Waals surface area contributed by atoms with Gasteiger partial charge in [0.1, 0.15) is 34.3 Å². The number of nitrogens with one attached hydrogen (secondary N) is 3. The zero-order valence-corrected chi connectivity index (χ0v) is 27.4. The number of aliphatic hydroxyl groups is 2. The molecule has 0 bridgehead atoms. The number of aryl methyl sites for hydroxylation is 2. The number of hydrogen-bond acceptors (Lipinski definition) is 5. The quantitative estimate of drug-likeness (QED) is 0.313. The maximum absolute atomic E-state index is 11.7. The molecule has 0 unspecified atom stereocenters. The lowest BCUT2D eigenvalue weighted by Gasteiger charge is -2.18. The molecule has 4 rings (SSSR count). The van der Waals surface area contributed by atoms with E-state index >= 15 is 0 Å². The molecule has 5 N–H and O–H groups in total. The molecule has 0 saturated heterocycles. The van der Waals surface area contributed by atoms with Gasteiger partial charge in [-0.3, -0.25) is 9.59 Å². The molecule has 2 aliphatic heterocycles.